The summed E-state index contributed by atoms with van der Waals surface area (Å²) in [5.41, 5.74) is 2.19. The average molecular weight is 409 g/mol. The maximum Gasteiger partial charge on any atom is 0.251 e. The molecule has 6 nitrogen and oxygen atoms in total. The first-order valence-electron chi connectivity index (χ1n) is 9.18. The Hall–Kier alpha value is -3.25. The van der Waals surface area contributed by atoms with Gasteiger partial charge in [0.1, 0.15) is 23.0 Å². The third kappa shape index (κ3) is 3.06. The zero-order valence-electron chi connectivity index (χ0n) is 15.5. The standard InChI is InChI=1S/C22H17ClN2O4/c1-27-15-7-4-13(5-8-15)21(26)22-25-18(12-17(24-25)20-3-2-10-28-20)16-11-14(23)6-9-19(16)29-22/h2-11,18,22H,12H2,1H3/t18-,22+/m0/s1. The molecule has 3 aromatic rings. The summed E-state index contributed by atoms with van der Waals surface area (Å²) < 4.78 is 16.8. The molecule has 146 valence electrons. The number of Topliss-reactive ketones (excluding diaryl/α,β-unsaturated/α-hetero) is 1. The second-order valence-corrected chi connectivity index (χ2v) is 7.31. The molecule has 0 spiro atoms. The zero-order valence-corrected chi connectivity index (χ0v) is 16.3. The van der Waals surface area contributed by atoms with Crippen LogP contribution in [0.5, 0.6) is 11.5 Å². The summed E-state index contributed by atoms with van der Waals surface area (Å²) in [6, 6.07) is 15.9. The van der Waals surface area contributed by atoms with Crippen LogP contribution >= 0.6 is 11.6 Å². The van der Waals surface area contributed by atoms with Crippen LogP contribution in [0, 0.1) is 0 Å². The smallest absolute Gasteiger partial charge is 0.251 e. The van der Waals surface area contributed by atoms with Crippen LogP contribution in [-0.4, -0.2) is 29.8 Å². The summed E-state index contributed by atoms with van der Waals surface area (Å²) in [5.74, 6) is 1.82. The molecule has 0 fully saturated rings. The molecular formula is C22H17ClN2O4. The van der Waals surface area contributed by atoms with E-state index in [0.717, 1.165) is 11.3 Å². The van der Waals surface area contributed by atoms with Crippen molar-refractivity contribution in [3.63, 3.8) is 0 Å². The van der Waals surface area contributed by atoms with E-state index in [1.54, 1.807) is 54.8 Å². The summed E-state index contributed by atoms with van der Waals surface area (Å²) >= 11 is 6.22. The largest absolute Gasteiger partial charge is 0.497 e. The van der Waals surface area contributed by atoms with Crippen LogP contribution in [0.4, 0.5) is 0 Å². The van der Waals surface area contributed by atoms with Crippen molar-refractivity contribution in [2.24, 2.45) is 5.10 Å². The highest BCUT2D eigenvalue weighted by atomic mass is 35.5. The number of carbonyl (C=O) groups is 1. The molecule has 2 atom stereocenters. The molecule has 7 heteroatoms. The molecule has 0 bridgehead atoms. The molecule has 0 N–H and O–H groups in total. The second kappa shape index (κ2) is 6.97. The summed E-state index contributed by atoms with van der Waals surface area (Å²) in [6.45, 7) is 0. The van der Waals surface area contributed by atoms with E-state index in [2.05, 4.69) is 5.10 Å². The van der Waals surface area contributed by atoms with Crippen LogP contribution in [-0.2, 0) is 0 Å². The van der Waals surface area contributed by atoms with Crippen molar-refractivity contribution in [1.29, 1.82) is 0 Å². The molecule has 1 aromatic heterocycles. The Balaban J connectivity index is 1.55. The van der Waals surface area contributed by atoms with Gasteiger partial charge in [-0.1, -0.05) is 11.6 Å². The highest BCUT2D eigenvalue weighted by Gasteiger charge is 2.44. The van der Waals surface area contributed by atoms with Gasteiger partial charge in [-0.25, -0.2) is 5.01 Å². The van der Waals surface area contributed by atoms with Crippen molar-refractivity contribution in [2.45, 2.75) is 18.7 Å². The summed E-state index contributed by atoms with van der Waals surface area (Å²) in [6.07, 6.45) is 1.32. The molecule has 2 aliphatic heterocycles. The molecule has 5 rings (SSSR count). The highest BCUT2D eigenvalue weighted by Crippen LogP contribution is 2.44. The van der Waals surface area contributed by atoms with E-state index in [9.17, 15) is 4.79 Å². The number of fused-ring (bicyclic) bond motifs is 3. The number of furan rings is 1. The lowest BCUT2D eigenvalue weighted by Crippen LogP contribution is -2.45. The highest BCUT2D eigenvalue weighted by molar-refractivity contribution is 6.30. The third-order valence-corrected chi connectivity index (χ3v) is 5.39. The van der Waals surface area contributed by atoms with Crippen LogP contribution in [0.2, 0.25) is 5.02 Å². The Morgan fingerprint density at radius 1 is 1.21 bits per heavy atom. The van der Waals surface area contributed by atoms with Gasteiger partial charge in [-0.2, -0.15) is 5.10 Å². The Morgan fingerprint density at radius 3 is 2.76 bits per heavy atom. The zero-order chi connectivity index (χ0) is 20.0. The predicted molar refractivity (Wildman–Crippen MR) is 108 cm³/mol. The lowest BCUT2D eigenvalue weighted by atomic mass is 9.97. The number of rotatable bonds is 4. The maximum atomic E-state index is 13.3. The van der Waals surface area contributed by atoms with Gasteiger partial charge in [0.15, 0.2) is 0 Å². The fourth-order valence-electron chi connectivity index (χ4n) is 3.72. The summed E-state index contributed by atoms with van der Waals surface area (Å²) in [7, 11) is 1.59. The molecule has 0 saturated carbocycles. The number of ketones is 1. The van der Waals surface area contributed by atoms with Gasteiger partial charge < -0.3 is 13.9 Å². The van der Waals surface area contributed by atoms with Crippen molar-refractivity contribution >= 4 is 23.1 Å². The number of carbonyl (C=O) groups excluding carboxylic acids is 1. The number of halogens is 1. The Bertz CT molecular complexity index is 1090. The van der Waals surface area contributed by atoms with Crippen LogP contribution in [0.15, 0.2) is 70.4 Å². The molecule has 3 heterocycles. The fourth-order valence-corrected chi connectivity index (χ4v) is 3.90. The van der Waals surface area contributed by atoms with E-state index >= 15 is 0 Å². The Morgan fingerprint density at radius 2 is 2.03 bits per heavy atom. The lowest BCUT2D eigenvalue weighted by Gasteiger charge is -2.37. The molecule has 0 unspecified atom stereocenters. The number of hydrazone groups is 1. The van der Waals surface area contributed by atoms with E-state index < -0.39 is 6.23 Å². The van der Waals surface area contributed by atoms with Gasteiger partial charge in [0.2, 0.25) is 5.78 Å². The molecule has 0 saturated heterocycles. The normalized spacial score (nSPS) is 19.8. The van der Waals surface area contributed by atoms with Crippen molar-refractivity contribution in [3.05, 3.63) is 82.8 Å². The monoisotopic (exact) mass is 408 g/mol. The number of hydrogen-bond donors (Lipinski definition) is 0. The first-order chi connectivity index (χ1) is 14.1. The van der Waals surface area contributed by atoms with Crippen LogP contribution < -0.4 is 9.47 Å². The van der Waals surface area contributed by atoms with E-state index in [1.165, 1.54) is 0 Å². The quantitative estimate of drug-likeness (QED) is 0.586. The van der Waals surface area contributed by atoms with Gasteiger partial charge in [-0.05, 0) is 54.6 Å². The second-order valence-electron chi connectivity index (χ2n) is 6.87. The third-order valence-electron chi connectivity index (χ3n) is 5.16. The first-order valence-corrected chi connectivity index (χ1v) is 9.56. The van der Waals surface area contributed by atoms with Crippen LogP contribution in [0.3, 0.4) is 0 Å². The van der Waals surface area contributed by atoms with E-state index in [0.29, 0.717) is 34.3 Å². The van der Waals surface area contributed by atoms with Crippen molar-refractivity contribution in [2.75, 3.05) is 7.11 Å². The van der Waals surface area contributed by atoms with Gasteiger partial charge in [-0.3, -0.25) is 4.79 Å². The fraction of sp³-hybridized carbons (Fsp3) is 0.182. The van der Waals surface area contributed by atoms with Gasteiger partial charge in [0, 0.05) is 22.6 Å². The summed E-state index contributed by atoms with van der Waals surface area (Å²) in [4.78, 5) is 13.3. The van der Waals surface area contributed by atoms with E-state index in [-0.39, 0.29) is 11.8 Å². The molecule has 0 radical (unpaired) electrons. The number of nitrogens with zero attached hydrogens (tertiary/aromatic N) is 2. The van der Waals surface area contributed by atoms with Crippen LogP contribution in [0.1, 0.15) is 34.1 Å². The van der Waals surface area contributed by atoms with Gasteiger partial charge in [0.25, 0.3) is 6.23 Å². The number of benzene rings is 2. The molecule has 2 aromatic carbocycles. The summed E-state index contributed by atoms with van der Waals surface area (Å²) in [5, 5.41) is 7.01. The minimum Gasteiger partial charge on any atom is -0.497 e. The van der Waals surface area contributed by atoms with Crippen molar-refractivity contribution in [3.8, 4) is 11.5 Å². The molecular weight excluding hydrogens is 392 g/mol. The topological polar surface area (TPSA) is 64.3 Å². The van der Waals surface area contributed by atoms with Crippen molar-refractivity contribution in [1.82, 2.24) is 5.01 Å². The molecule has 29 heavy (non-hydrogen) atoms. The van der Waals surface area contributed by atoms with Crippen LogP contribution in [0.25, 0.3) is 0 Å². The van der Waals surface area contributed by atoms with Gasteiger partial charge >= 0.3 is 0 Å². The number of hydrogen-bond acceptors (Lipinski definition) is 6. The van der Waals surface area contributed by atoms with E-state index in [4.69, 9.17) is 25.5 Å². The SMILES string of the molecule is COc1ccc(C(=O)[C@H]2Oc3ccc(Cl)cc3[C@@H]3CC(c4ccco4)=NN23)cc1. The Kier molecular flexibility index (Phi) is 4.28. The average Bonchev–Trinajstić information content (AvgIpc) is 3.43. The van der Waals surface area contributed by atoms with E-state index in [1.807, 2.05) is 18.2 Å². The number of ether oxygens (including phenoxy) is 2. The lowest BCUT2D eigenvalue weighted by molar-refractivity contribution is -0.00455. The number of methoxy groups -OCH3 is 1. The van der Waals surface area contributed by atoms with Gasteiger partial charge in [0.05, 0.1) is 19.4 Å². The van der Waals surface area contributed by atoms with Crippen molar-refractivity contribution < 1.29 is 18.7 Å². The first kappa shape index (κ1) is 17.8. The Labute approximate surface area is 172 Å². The minimum atomic E-state index is -0.880. The minimum absolute atomic E-state index is 0.162. The maximum absolute atomic E-state index is 13.3. The molecule has 0 aliphatic carbocycles. The van der Waals surface area contributed by atoms with Gasteiger partial charge in [-0.15, -0.1) is 0 Å². The molecule has 0 amide bonds. The molecule has 2 aliphatic rings. The predicted octanol–water partition coefficient (Wildman–Crippen LogP) is 4.69.